The summed E-state index contributed by atoms with van der Waals surface area (Å²) in [6, 6.07) is 10.7. The van der Waals surface area contributed by atoms with Gasteiger partial charge in [-0.2, -0.15) is 24.1 Å². The van der Waals surface area contributed by atoms with Gasteiger partial charge in [0.2, 0.25) is 0 Å². The van der Waals surface area contributed by atoms with Crippen LogP contribution in [-0.2, 0) is 16.3 Å². The van der Waals surface area contributed by atoms with Crippen molar-refractivity contribution in [2.75, 3.05) is 20.6 Å². The summed E-state index contributed by atoms with van der Waals surface area (Å²) in [5.74, 6) is 0.678. The van der Waals surface area contributed by atoms with E-state index in [1.165, 1.54) is 41.2 Å². The first-order chi connectivity index (χ1) is 8.72. The van der Waals surface area contributed by atoms with E-state index in [1.807, 2.05) is 0 Å². The van der Waals surface area contributed by atoms with Crippen LogP contribution in [-0.4, -0.2) is 25.5 Å². The van der Waals surface area contributed by atoms with Crippen molar-refractivity contribution < 1.29 is 16.3 Å². The summed E-state index contributed by atoms with van der Waals surface area (Å²) in [7, 11) is 4.30. The maximum atomic E-state index is 3.06. The van der Waals surface area contributed by atoms with E-state index < -0.39 is 0 Å². The zero-order chi connectivity index (χ0) is 13.8. The molecule has 0 aliphatic heterocycles. The number of hydrogen-bond acceptors (Lipinski definition) is 1. The molecule has 0 aliphatic rings. The molecule has 0 unspecified atom stereocenters. The van der Waals surface area contributed by atoms with E-state index in [1.54, 1.807) is 0 Å². The number of benzene rings is 1. The van der Waals surface area contributed by atoms with Crippen LogP contribution >= 0.6 is 13.6 Å². The van der Waals surface area contributed by atoms with Crippen molar-refractivity contribution in [1.29, 1.82) is 0 Å². The van der Waals surface area contributed by atoms with Gasteiger partial charge in [0.25, 0.3) is 0 Å². The number of halogens is 1. The second-order valence-corrected chi connectivity index (χ2v) is 4.74. The summed E-state index contributed by atoms with van der Waals surface area (Å²) in [5, 5.41) is 0. The predicted octanol–water partition coefficient (Wildman–Crippen LogP) is 4.45. The average molecular weight is 364 g/mol. The Hall–Kier alpha value is 0.153. The molecule has 0 amide bonds. The van der Waals surface area contributed by atoms with E-state index in [0.29, 0.717) is 5.92 Å². The van der Waals surface area contributed by atoms with Crippen LogP contribution in [0.25, 0.3) is 0 Å². The summed E-state index contributed by atoms with van der Waals surface area (Å²) in [5.41, 5.74) is 1.35. The molecule has 0 heterocycles. The second kappa shape index (κ2) is 12.2. The van der Waals surface area contributed by atoms with Crippen LogP contribution in [0.1, 0.15) is 31.7 Å². The fourth-order valence-corrected chi connectivity index (χ4v) is 2.00. The van der Waals surface area contributed by atoms with Crippen LogP contribution in [0, 0.1) is 12.3 Å². The van der Waals surface area contributed by atoms with Crippen molar-refractivity contribution in [1.82, 2.24) is 4.90 Å². The van der Waals surface area contributed by atoms with Crippen LogP contribution in [0.15, 0.2) is 30.3 Å². The van der Waals surface area contributed by atoms with Gasteiger partial charge < -0.3 is 4.90 Å². The number of unbranched alkanes of at least 4 members (excludes halogenated alkanes) is 1. The number of nitrogens with zero attached hydrogens (tertiary/aromatic N) is 1. The van der Waals surface area contributed by atoms with Crippen LogP contribution < -0.4 is 0 Å². The third-order valence-corrected chi connectivity index (χ3v) is 2.76. The SMILES string of the molecule is CCCC[C@H]([CH-]c1ccccc1)CN(C)C.[Zn+][Br]. The van der Waals surface area contributed by atoms with E-state index in [4.69, 9.17) is 0 Å². The Morgan fingerprint density at radius 2 is 1.83 bits per heavy atom. The van der Waals surface area contributed by atoms with Crippen LogP contribution in [0.4, 0.5) is 0 Å². The second-order valence-electron chi connectivity index (χ2n) is 4.74. The number of rotatable bonds is 7. The molecular formula is C15H24BrNZn. The van der Waals surface area contributed by atoms with Gasteiger partial charge in [-0.05, 0) is 20.6 Å². The quantitative estimate of drug-likeness (QED) is 0.511. The van der Waals surface area contributed by atoms with Crippen LogP contribution in [0.2, 0.25) is 0 Å². The Bertz CT molecular complexity index is 277. The first-order valence-electron chi connectivity index (χ1n) is 6.53. The Balaban J connectivity index is 0.00000137. The van der Waals surface area contributed by atoms with Gasteiger partial charge in [-0.3, -0.25) is 0 Å². The van der Waals surface area contributed by atoms with Crippen molar-refractivity contribution in [2.45, 2.75) is 26.2 Å². The molecule has 0 spiro atoms. The molecule has 3 heteroatoms. The summed E-state index contributed by atoms with van der Waals surface area (Å²) in [4.78, 5) is 2.28. The molecule has 0 saturated carbocycles. The van der Waals surface area contributed by atoms with Crippen molar-refractivity contribution in [2.24, 2.45) is 5.92 Å². The zero-order valence-electron chi connectivity index (χ0n) is 11.9. The number of hydrogen-bond donors (Lipinski definition) is 0. The van der Waals surface area contributed by atoms with Gasteiger partial charge in [-0.25, -0.2) is 0 Å². The van der Waals surface area contributed by atoms with E-state index >= 15 is 0 Å². The topological polar surface area (TPSA) is 3.24 Å². The molecule has 1 atom stereocenters. The van der Waals surface area contributed by atoms with E-state index in [-0.39, 0.29) is 0 Å². The molecule has 0 aliphatic carbocycles. The van der Waals surface area contributed by atoms with Crippen molar-refractivity contribution in [3.05, 3.63) is 42.3 Å². The Kier molecular flexibility index (Phi) is 12.3. The molecule has 0 aromatic heterocycles. The van der Waals surface area contributed by atoms with Crippen LogP contribution in [0.3, 0.4) is 0 Å². The Labute approximate surface area is 129 Å². The standard InChI is InChI=1S/C15H24N.BrH.Zn/c1-4-5-9-15(13-16(2)3)12-14-10-7-6-8-11-14;;/h6-8,10-12,15H,4-5,9,13H2,1-3H3;1H;/q-1;;+2/p-1/t15-;;/m1../s1. The third-order valence-electron chi connectivity index (χ3n) is 2.76. The zero-order valence-corrected chi connectivity index (χ0v) is 16.5. The van der Waals surface area contributed by atoms with E-state index in [9.17, 15) is 0 Å². The summed E-state index contributed by atoms with van der Waals surface area (Å²) in [6.45, 7) is 3.41. The molecule has 98 valence electrons. The molecule has 0 saturated heterocycles. The third kappa shape index (κ3) is 9.13. The molecule has 0 radical (unpaired) electrons. The summed E-state index contributed by atoms with van der Waals surface area (Å²) >= 11 is 4.25. The van der Waals surface area contributed by atoms with Gasteiger partial charge in [0.1, 0.15) is 0 Å². The van der Waals surface area contributed by atoms with Gasteiger partial charge in [0, 0.05) is 0 Å². The minimum atomic E-state index is 0.678. The monoisotopic (exact) mass is 361 g/mol. The minimum absolute atomic E-state index is 0.678. The summed E-state index contributed by atoms with van der Waals surface area (Å²) in [6.07, 6.45) is 6.31. The molecule has 1 aromatic rings. The van der Waals surface area contributed by atoms with Crippen molar-refractivity contribution in [3.63, 3.8) is 0 Å². The van der Waals surface area contributed by atoms with Gasteiger partial charge >= 0.3 is 30.0 Å². The molecule has 0 bridgehead atoms. The Morgan fingerprint density at radius 1 is 1.22 bits per heavy atom. The van der Waals surface area contributed by atoms with Gasteiger partial charge in [0.15, 0.2) is 0 Å². The molecule has 1 nitrogen and oxygen atoms in total. The molecular weight excluding hydrogens is 339 g/mol. The molecule has 0 fully saturated rings. The fourth-order valence-electron chi connectivity index (χ4n) is 2.00. The fraction of sp³-hybridized carbons (Fsp3) is 0.533. The normalized spacial score (nSPS) is 11.7. The average Bonchev–Trinajstić information content (AvgIpc) is 2.39. The first-order valence-corrected chi connectivity index (χ1v) is 13.5. The van der Waals surface area contributed by atoms with Crippen molar-refractivity contribution >= 4 is 13.6 Å². The summed E-state index contributed by atoms with van der Waals surface area (Å²) < 4.78 is 0. The molecule has 1 rings (SSSR count). The van der Waals surface area contributed by atoms with Crippen LogP contribution in [0.5, 0.6) is 0 Å². The maximum absolute atomic E-state index is 3.06. The predicted molar refractivity (Wildman–Crippen MR) is 80.3 cm³/mol. The van der Waals surface area contributed by atoms with Gasteiger partial charge in [0.05, 0.1) is 0 Å². The van der Waals surface area contributed by atoms with E-state index in [0.717, 1.165) is 6.54 Å². The van der Waals surface area contributed by atoms with Gasteiger partial charge in [-0.15, -0.1) is 12.1 Å². The van der Waals surface area contributed by atoms with Crippen molar-refractivity contribution in [3.8, 4) is 0 Å². The van der Waals surface area contributed by atoms with Gasteiger partial charge in [-0.1, -0.05) is 38.2 Å². The Morgan fingerprint density at radius 3 is 2.33 bits per heavy atom. The molecule has 0 N–H and O–H groups in total. The molecule has 1 aromatic carbocycles. The molecule has 18 heavy (non-hydrogen) atoms. The first kappa shape index (κ1) is 18.2. The van der Waals surface area contributed by atoms with E-state index in [2.05, 4.69) is 76.3 Å².